The third kappa shape index (κ3) is 4.03. The molecule has 3 heterocycles. The Morgan fingerprint density at radius 2 is 2.07 bits per heavy atom. The standard InChI is InChI=1S/C22H29N5O/c1-25(2)13-14-28-21-11-5-10-20-24-18(16-27(20)21)15-26(3)19-9-4-7-17-8-6-12-23-22(17)19/h5-6,8,10-12,16,19H,4,7,9,13-15H2,1-3H3/t19-/m0/s1. The summed E-state index contributed by atoms with van der Waals surface area (Å²) in [5, 5.41) is 0. The van der Waals surface area contributed by atoms with E-state index in [4.69, 9.17) is 9.72 Å². The molecule has 0 fully saturated rings. The van der Waals surface area contributed by atoms with Crippen molar-refractivity contribution < 1.29 is 4.74 Å². The highest BCUT2D eigenvalue weighted by Gasteiger charge is 2.25. The Balaban J connectivity index is 1.51. The number of ether oxygens (including phenoxy) is 1. The minimum absolute atomic E-state index is 0.352. The maximum Gasteiger partial charge on any atom is 0.199 e. The summed E-state index contributed by atoms with van der Waals surface area (Å²) < 4.78 is 8.02. The van der Waals surface area contributed by atoms with Gasteiger partial charge in [-0.15, -0.1) is 0 Å². The zero-order chi connectivity index (χ0) is 19.5. The first-order valence-corrected chi connectivity index (χ1v) is 10.0. The van der Waals surface area contributed by atoms with E-state index in [0.29, 0.717) is 12.6 Å². The van der Waals surface area contributed by atoms with Gasteiger partial charge in [0, 0.05) is 25.5 Å². The summed E-state index contributed by atoms with van der Waals surface area (Å²) in [6.07, 6.45) is 7.50. The highest BCUT2D eigenvalue weighted by atomic mass is 16.5. The van der Waals surface area contributed by atoms with E-state index in [9.17, 15) is 0 Å². The number of hydrogen-bond acceptors (Lipinski definition) is 5. The van der Waals surface area contributed by atoms with Gasteiger partial charge in [-0.3, -0.25) is 14.3 Å². The van der Waals surface area contributed by atoms with Crippen molar-refractivity contribution in [1.29, 1.82) is 0 Å². The first kappa shape index (κ1) is 18.9. The lowest BCUT2D eigenvalue weighted by atomic mass is 9.91. The van der Waals surface area contributed by atoms with E-state index in [0.717, 1.165) is 43.2 Å². The molecule has 0 amide bonds. The van der Waals surface area contributed by atoms with E-state index in [1.165, 1.54) is 17.7 Å². The molecule has 6 heteroatoms. The fraction of sp³-hybridized carbons (Fsp3) is 0.455. The van der Waals surface area contributed by atoms with Crippen molar-refractivity contribution in [2.24, 2.45) is 0 Å². The molecule has 0 radical (unpaired) electrons. The maximum atomic E-state index is 5.97. The molecule has 4 rings (SSSR count). The van der Waals surface area contributed by atoms with Gasteiger partial charge in [-0.1, -0.05) is 12.1 Å². The van der Waals surface area contributed by atoms with Crippen LogP contribution in [0.15, 0.2) is 42.7 Å². The Kier molecular flexibility index (Phi) is 5.59. The van der Waals surface area contributed by atoms with Crippen LogP contribution < -0.4 is 4.74 Å². The molecule has 0 saturated carbocycles. The van der Waals surface area contributed by atoms with E-state index in [1.54, 1.807) is 0 Å². The van der Waals surface area contributed by atoms with E-state index in [-0.39, 0.29) is 0 Å². The van der Waals surface area contributed by atoms with Gasteiger partial charge in [0.15, 0.2) is 5.88 Å². The van der Waals surface area contributed by atoms with E-state index >= 15 is 0 Å². The number of likely N-dealkylation sites (N-methyl/N-ethyl adjacent to an activating group) is 1. The van der Waals surface area contributed by atoms with E-state index < -0.39 is 0 Å². The molecular weight excluding hydrogens is 350 g/mol. The van der Waals surface area contributed by atoms with Crippen molar-refractivity contribution in [3.63, 3.8) is 0 Å². The molecule has 0 saturated heterocycles. The molecule has 148 valence electrons. The number of hydrogen-bond donors (Lipinski definition) is 0. The van der Waals surface area contributed by atoms with Gasteiger partial charge in [-0.25, -0.2) is 4.98 Å². The summed E-state index contributed by atoms with van der Waals surface area (Å²) >= 11 is 0. The van der Waals surface area contributed by atoms with Crippen LogP contribution in [0.5, 0.6) is 5.88 Å². The van der Waals surface area contributed by atoms with Crippen LogP contribution in [-0.4, -0.2) is 58.5 Å². The number of fused-ring (bicyclic) bond motifs is 2. The Labute approximate surface area is 166 Å². The molecule has 0 unspecified atom stereocenters. The van der Waals surface area contributed by atoms with Crippen LogP contribution in [0.3, 0.4) is 0 Å². The third-order valence-corrected chi connectivity index (χ3v) is 5.40. The van der Waals surface area contributed by atoms with Crippen molar-refractivity contribution in [1.82, 2.24) is 24.2 Å². The third-order valence-electron chi connectivity index (χ3n) is 5.40. The van der Waals surface area contributed by atoms with E-state index in [2.05, 4.69) is 34.1 Å². The molecule has 3 aromatic rings. The van der Waals surface area contributed by atoms with Crippen LogP contribution in [0.25, 0.3) is 5.65 Å². The Morgan fingerprint density at radius 1 is 1.18 bits per heavy atom. The van der Waals surface area contributed by atoms with Crippen LogP contribution >= 0.6 is 0 Å². The lowest BCUT2D eigenvalue weighted by molar-refractivity contribution is 0.206. The number of nitrogens with zero attached hydrogens (tertiary/aromatic N) is 5. The van der Waals surface area contributed by atoms with Crippen molar-refractivity contribution in [2.45, 2.75) is 31.8 Å². The van der Waals surface area contributed by atoms with Crippen molar-refractivity contribution in [2.75, 3.05) is 34.3 Å². The highest BCUT2D eigenvalue weighted by Crippen LogP contribution is 2.32. The van der Waals surface area contributed by atoms with Crippen LogP contribution in [0.4, 0.5) is 0 Å². The summed E-state index contributed by atoms with van der Waals surface area (Å²) in [6, 6.07) is 10.6. The average molecular weight is 380 g/mol. The fourth-order valence-corrected chi connectivity index (χ4v) is 3.94. The van der Waals surface area contributed by atoms with Gasteiger partial charge in [-0.05, 0) is 64.2 Å². The zero-order valence-electron chi connectivity index (χ0n) is 17.0. The maximum absolute atomic E-state index is 5.97. The molecule has 3 aromatic heterocycles. The van der Waals surface area contributed by atoms with Crippen molar-refractivity contribution >= 4 is 5.65 Å². The van der Waals surface area contributed by atoms with Crippen molar-refractivity contribution in [3.05, 3.63) is 59.7 Å². The number of aryl methyl sites for hydroxylation is 1. The van der Waals surface area contributed by atoms with Gasteiger partial charge < -0.3 is 9.64 Å². The number of rotatable bonds is 7. The van der Waals surface area contributed by atoms with Gasteiger partial charge in [0.25, 0.3) is 0 Å². The molecule has 1 aliphatic carbocycles. The fourth-order valence-electron chi connectivity index (χ4n) is 3.94. The number of aromatic nitrogens is 3. The average Bonchev–Trinajstić information content (AvgIpc) is 3.10. The molecule has 28 heavy (non-hydrogen) atoms. The predicted molar refractivity (Wildman–Crippen MR) is 111 cm³/mol. The normalized spacial score (nSPS) is 16.7. The van der Waals surface area contributed by atoms with Gasteiger partial charge in [0.2, 0.25) is 0 Å². The second-order valence-corrected chi connectivity index (χ2v) is 7.85. The topological polar surface area (TPSA) is 45.9 Å². The molecular formula is C22H29N5O. The molecule has 1 aliphatic rings. The number of imidazole rings is 1. The largest absolute Gasteiger partial charge is 0.477 e. The molecule has 6 nitrogen and oxygen atoms in total. The Morgan fingerprint density at radius 3 is 2.93 bits per heavy atom. The van der Waals surface area contributed by atoms with Gasteiger partial charge in [0.1, 0.15) is 12.3 Å². The second-order valence-electron chi connectivity index (χ2n) is 7.85. The Bertz CT molecular complexity index is 936. The second kappa shape index (κ2) is 8.29. The summed E-state index contributed by atoms with van der Waals surface area (Å²) in [6.45, 7) is 2.33. The van der Waals surface area contributed by atoms with Gasteiger partial charge in [0.05, 0.1) is 17.4 Å². The highest BCUT2D eigenvalue weighted by molar-refractivity contribution is 5.43. The van der Waals surface area contributed by atoms with Crippen LogP contribution in [0.1, 0.15) is 35.8 Å². The lowest BCUT2D eigenvalue weighted by Crippen LogP contribution is -2.28. The minimum Gasteiger partial charge on any atom is -0.477 e. The summed E-state index contributed by atoms with van der Waals surface area (Å²) in [7, 11) is 6.27. The quantitative estimate of drug-likeness (QED) is 0.631. The van der Waals surface area contributed by atoms with Gasteiger partial charge in [-0.2, -0.15) is 0 Å². The first-order valence-electron chi connectivity index (χ1n) is 10.0. The molecule has 0 aromatic carbocycles. The first-order chi connectivity index (χ1) is 13.6. The van der Waals surface area contributed by atoms with Crippen LogP contribution in [0.2, 0.25) is 0 Å². The minimum atomic E-state index is 0.352. The van der Waals surface area contributed by atoms with Crippen LogP contribution in [0, 0.1) is 0 Å². The summed E-state index contributed by atoms with van der Waals surface area (Å²) in [5.74, 6) is 0.838. The smallest absolute Gasteiger partial charge is 0.199 e. The summed E-state index contributed by atoms with van der Waals surface area (Å²) in [4.78, 5) is 14.0. The molecule has 1 atom stereocenters. The molecule has 0 N–H and O–H groups in total. The monoisotopic (exact) mass is 379 g/mol. The predicted octanol–water partition coefficient (Wildman–Crippen LogP) is 3.18. The van der Waals surface area contributed by atoms with Crippen molar-refractivity contribution in [3.8, 4) is 5.88 Å². The molecule has 0 aliphatic heterocycles. The van der Waals surface area contributed by atoms with Gasteiger partial charge >= 0.3 is 0 Å². The van der Waals surface area contributed by atoms with E-state index in [1.807, 2.05) is 49.0 Å². The number of pyridine rings is 2. The zero-order valence-corrected chi connectivity index (χ0v) is 17.0. The van der Waals surface area contributed by atoms with Crippen LogP contribution in [-0.2, 0) is 13.0 Å². The Hall–Kier alpha value is -2.44. The molecule has 0 spiro atoms. The lowest BCUT2D eigenvalue weighted by Gasteiger charge is -2.31. The summed E-state index contributed by atoms with van der Waals surface area (Å²) in [5.41, 5.74) is 4.59. The SMILES string of the molecule is CN(C)CCOc1cccc2nc(CN(C)[C@H]3CCCc4cccnc43)cn12. The molecule has 0 bridgehead atoms.